The Bertz CT molecular complexity index is 848. The van der Waals surface area contributed by atoms with E-state index >= 15 is 0 Å². The Labute approximate surface area is 159 Å². The number of aryl methyl sites for hydroxylation is 1. The van der Waals surface area contributed by atoms with Gasteiger partial charge >= 0.3 is 0 Å². The Morgan fingerprint density at radius 3 is 2.89 bits per heavy atom. The molecule has 1 saturated heterocycles. The number of benzene rings is 2. The molecular formula is C22H25NO4. The first-order valence-corrected chi connectivity index (χ1v) is 9.47. The largest absolute Gasteiger partial charge is 0.493 e. The Morgan fingerprint density at radius 2 is 2.07 bits per heavy atom. The van der Waals surface area contributed by atoms with Gasteiger partial charge < -0.3 is 19.1 Å². The summed E-state index contributed by atoms with van der Waals surface area (Å²) in [7, 11) is 3.31. The number of nitrogens with zero attached hydrogens (tertiary/aromatic N) is 1. The molecule has 0 aliphatic carbocycles. The fourth-order valence-electron chi connectivity index (χ4n) is 4.11. The molecule has 2 aliphatic rings. The topological polar surface area (TPSA) is 48.0 Å². The van der Waals surface area contributed by atoms with E-state index in [1.807, 2.05) is 35.2 Å². The van der Waals surface area contributed by atoms with Gasteiger partial charge in [0.25, 0.3) is 5.91 Å². The highest BCUT2D eigenvalue weighted by molar-refractivity contribution is 5.95. The smallest absolute Gasteiger partial charge is 0.253 e. The van der Waals surface area contributed by atoms with E-state index in [0.29, 0.717) is 6.54 Å². The Morgan fingerprint density at radius 1 is 1.19 bits per heavy atom. The summed E-state index contributed by atoms with van der Waals surface area (Å²) in [5, 5.41) is 0. The van der Waals surface area contributed by atoms with E-state index in [-0.39, 0.29) is 11.8 Å². The van der Waals surface area contributed by atoms with Crippen molar-refractivity contribution in [2.24, 2.45) is 0 Å². The molecule has 27 heavy (non-hydrogen) atoms. The van der Waals surface area contributed by atoms with Crippen molar-refractivity contribution in [3.8, 4) is 17.2 Å². The second-order valence-electron chi connectivity index (χ2n) is 7.09. The predicted molar refractivity (Wildman–Crippen MR) is 103 cm³/mol. The van der Waals surface area contributed by atoms with Crippen molar-refractivity contribution in [3.63, 3.8) is 0 Å². The van der Waals surface area contributed by atoms with Gasteiger partial charge in [-0.1, -0.05) is 12.1 Å². The van der Waals surface area contributed by atoms with Crippen LogP contribution in [0, 0.1) is 0 Å². The maximum absolute atomic E-state index is 13.0. The maximum atomic E-state index is 13.0. The van der Waals surface area contributed by atoms with Crippen molar-refractivity contribution >= 4 is 5.91 Å². The lowest BCUT2D eigenvalue weighted by molar-refractivity contribution is 0.0790. The van der Waals surface area contributed by atoms with Crippen LogP contribution >= 0.6 is 0 Å². The van der Waals surface area contributed by atoms with Crippen molar-refractivity contribution in [3.05, 3.63) is 53.1 Å². The number of carbonyl (C=O) groups excluding carboxylic acids is 1. The van der Waals surface area contributed by atoms with Crippen LogP contribution < -0.4 is 14.2 Å². The Balaban J connectivity index is 1.52. The van der Waals surface area contributed by atoms with Crippen LogP contribution in [0.2, 0.25) is 0 Å². The molecule has 1 atom stereocenters. The molecule has 0 unspecified atom stereocenters. The van der Waals surface area contributed by atoms with Crippen LogP contribution in [0.4, 0.5) is 0 Å². The monoisotopic (exact) mass is 367 g/mol. The maximum Gasteiger partial charge on any atom is 0.253 e. The summed E-state index contributed by atoms with van der Waals surface area (Å²) in [6.07, 6.45) is 2.90. The molecule has 0 N–H and O–H groups in total. The van der Waals surface area contributed by atoms with Gasteiger partial charge in [0.15, 0.2) is 11.5 Å². The lowest BCUT2D eigenvalue weighted by atomic mass is 9.97. The molecule has 142 valence electrons. The van der Waals surface area contributed by atoms with Crippen molar-refractivity contribution in [2.45, 2.75) is 25.2 Å². The van der Waals surface area contributed by atoms with Crippen LogP contribution in [-0.2, 0) is 6.42 Å². The number of fused-ring (bicyclic) bond motifs is 1. The average Bonchev–Trinajstić information content (AvgIpc) is 3.22. The van der Waals surface area contributed by atoms with E-state index in [2.05, 4.69) is 6.07 Å². The normalized spacial score (nSPS) is 18.6. The minimum Gasteiger partial charge on any atom is -0.493 e. The molecule has 5 nitrogen and oxygen atoms in total. The first-order chi connectivity index (χ1) is 13.2. The van der Waals surface area contributed by atoms with Crippen molar-refractivity contribution in [1.29, 1.82) is 0 Å². The molecule has 0 radical (unpaired) electrons. The summed E-state index contributed by atoms with van der Waals surface area (Å²) in [6.45, 7) is 2.20. The third-order valence-electron chi connectivity index (χ3n) is 5.50. The highest BCUT2D eigenvalue weighted by atomic mass is 16.5. The molecule has 2 aromatic carbocycles. The molecular weight excluding hydrogens is 342 g/mol. The molecule has 2 aromatic rings. The third-order valence-corrected chi connectivity index (χ3v) is 5.50. The van der Waals surface area contributed by atoms with Gasteiger partial charge in [0, 0.05) is 30.1 Å². The van der Waals surface area contributed by atoms with Gasteiger partial charge in [-0.15, -0.1) is 0 Å². The molecule has 5 heteroatoms. The number of rotatable bonds is 4. The van der Waals surface area contributed by atoms with Gasteiger partial charge in [-0.05, 0) is 49.1 Å². The van der Waals surface area contributed by atoms with Gasteiger partial charge in [0.1, 0.15) is 5.75 Å². The minimum absolute atomic E-state index is 0.0905. The number of ether oxygens (including phenoxy) is 3. The number of hydrogen-bond acceptors (Lipinski definition) is 4. The molecule has 2 heterocycles. The molecule has 1 amide bonds. The zero-order valence-corrected chi connectivity index (χ0v) is 15.9. The van der Waals surface area contributed by atoms with Gasteiger partial charge in [-0.2, -0.15) is 0 Å². The van der Waals surface area contributed by atoms with Crippen molar-refractivity contribution < 1.29 is 19.0 Å². The van der Waals surface area contributed by atoms with Crippen LogP contribution in [0.25, 0.3) is 0 Å². The number of likely N-dealkylation sites (tertiary alicyclic amines) is 1. The van der Waals surface area contributed by atoms with Crippen LogP contribution in [0.15, 0.2) is 36.4 Å². The molecule has 1 fully saturated rings. The number of amides is 1. The van der Waals surface area contributed by atoms with E-state index in [1.54, 1.807) is 14.2 Å². The summed E-state index contributed by atoms with van der Waals surface area (Å²) in [4.78, 5) is 15.0. The fourth-order valence-corrected chi connectivity index (χ4v) is 4.11. The van der Waals surface area contributed by atoms with Gasteiger partial charge in [-0.25, -0.2) is 0 Å². The third kappa shape index (κ3) is 3.34. The summed E-state index contributed by atoms with van der Waals surface area (Å²) < 4.78 is 16.7. The first kappa shape index (κ1) is 17.7. The molecule has 2 aliphatic heterocycles. The second kappa shape index (κ2) is 7.51. The predicted octanol–water partition coefficient (Wildman–Crippen LogP) is 3.66. The van der Waals surface area contributed by atoms with Crippen LogP contribution in [-0.4, -0.2) is 44.7 Å². The van der Waals surface area contributed by atoms with Crippen molar-refractivity contribution in [2.75, 3.05) is 33.9 Å². The van der Waals surface area contributed by atoms with E-state index in [0.717, 1.165) is 66.4 Å². The lowest BCUT2D eigenvalue weighted by Crippen LogP contribution is -2.28. The number of carbonyl (C=O) groups is 1. The first-order valence-electron chi connectivity index (χ1n) is 9.47. The van der Waals surface area contributed by atoms with E-state index in [9.17, 15) is 4.79 Å². The Kier molecular flexibility index (Phi) is 4.92. The summed E-state index contributed by atoms with van der Waals surface area (Å²) >= 11 is 0. The summed E-state index contributed by atoms with van der Waals surface area (Å²) in [6, 6.07) is 11.7. The molecule has 0 spiro atoms. The number of para-hydroxylation sites is 1. The highest BCUT2D eigenvalue weighted by Gasteiger charge is 2.31. The molecule has 0 saturated carbocycles. The van der Waals surface area contributed by atoms with Crippen molar-refractivity contribution in [1.82, 2.24) is 4.90 Å². The average molecular weight is 367 g/mol. The molecule has 0 bridgehead atoms. The summed E-state index contributed by atoms with van der Waals surface area (Å²) in [5.41, 5.74) is 2.99. The lowest BCUT2D eigenvalue weighted by Gasteiger charge is -2.21. The van der Waals surface area contributed by atoms with Gasteiger partial charge in [0.05, 0.1) is 20.8 Å². The molecule has 4 rings (SSSR count). The molecule has 0 aromatic heterocycles. The fraction of sp³-hybridized carbons (Fsp3) is 0.409. The van der Waals surface area contributed by atoms with E-state index in [4.69, 9.17) is 14.2 Å². The van der Waals surface area contributed by atoms with E-state index < -0.39 is 0 Å². The number of methoxy groups -OCH3 is 2. The second-order valence-corrected chi connectivity index (χ2v) is 7.09. The number of hydrogen-bond donors (Lipinski definition) is 0. The zero-order valence-electron chi connectivity index (χ0n) is 15.9. The van der Waals surface area contributed by atoms with Gasteiger partial charge in [-0.3, -0.25) is 4.79 Å². The highest BCUT2D eigenvalue weighted by Crippen LogP contribution is 2.39. The Hall–Kier alpha value is -2.69. The van der Waals surface area contributed by atoms with E-state index in [1.165, 1.54) is 0 Å². The minimum atomic E-state index is 0.0905. The standard InChI is InChI=1S/C22H25NO4/c1-25-20-7-3-6-18(21(20)26-2)17-10-11-23(14-17)22(24)16-8-9-19-15(13-16)5-4-12-27-19/h3,6-9,13,17H,4-5,10-12,14H2,1-2H3/t17-/m1/s1. The summed E-state index contributed by atoms with van der Waals surface area (Å²) in [5.74, 6) is 2.76. The van der Waals surface area contributed by atoms with Crippen LogP contribution in [0.1, 0.15) is 40.2 Å². The quantitative estimate of drug-likeness (QED) is 0.827. The van der Waals surface area contributed by atoms with Crippen LogP contribution in [0.3, 0.4) is 0 Å². The zero-order chi connectivity index (χ0) is 18.8. The van der Waals surface area contributed by atoms with Crippen LogP contribution in [0.5, 0.6) is 17.2 Å². The van der Waals surface area contributed by atoms with Gasteiger partial charge in [0.2, 0.25) is 0 Å². The SMILES string of the molecule is COc1cccc([C@@H]2CCN(C(=O)c3ccc4c(c3)CCCO4)C2)c1OC.